The van der Waals surface area contributed by atoms with Crippen molar-refractivity contribution in [1.82, 2.24) is 9.80 Å². The van der Waals surface area contributed by atoms with Crippen LogP contribution in [0.4, 0.5) is 0 Å². The van der Waals surface area contributed by atoms with Gasteiger partial charge in [-0.15, -0.1) is 11.3 Å². The lowest BCUT2D eigenvalue weighted by Crippen LogP contribution is -2.61. The smallest absolute Gasteiger partial charge is 0.223 e. The van der Waals surface area contributed by atoms with Gasteiger partial charge in [-0.05, 0) is 48.4 Å². The molecule has 1 amide bonds. The van der Waals surface area contributed by atoms with Gasteiger partial charge in [0, 0.05) is 43.5 Å². The molecule has 0 atom stereocenters. The minimum Gasteiger partial charge on any atom is -0.494 e. The fourth-order valence-electron chi connectivity index (χ4n) is 3.88. The van der Waals surface area contributed by atoms with Crippen molar-refractivity contribution in [3.8, 4) is 5.75 Å². The first kappa shape index (κ1) is 17.6. The Morgan fingerprint density at radius 2 is 2.12 bits per heavy atom. The van der Waals surface area contributed by atoms with E-state index < -0.39 is 0 Å². The molecule has 2 aromatic rings. The van der Waals surface area contributed by atoms with Crippen LogP contribution in [-0.2, 0) is 24.2 Å². The normalized spacial score (nSPS) is 17.7. The summed E-state index contributed by atoms with van der Waals surface area (Å²) in [5.74, 6) is 1.17. The van der Waals surface area contributed by atoms with Gasteiger partial charge in [0.1, 0.15) is 5.75 Å². The number of hydrogen-bond donors (Lipinski definition) is 0. The Labute approximate surface area is 159 Å². The van der Waals surface area contributed by atoms with Crippen LogP contribution < -0.4 is 4.74 Å². The van der Waals surface area contributed by atoms with Crippen LogP contribution in [-0.4, -0.2) is 48.0 Å². The predicted molar refractivity (Wildman–Crippen MR) is 105 cm³/mol. The third kappa shape index (κ3) is 3.64. The van der Waals surface area contributed by atoms with Crippen LogP contribution in [0.5, 0.6) is 5.75 Å². The molecule has 2 aliphatic heterocycles. The van der Waals surface area contributed by atoms with Gasteiger partial charge >= 0.3 is 0 Å². The Morgan fingerprint density at radius 3 is 2.96 bits per heavy atom. The second-order valence-corrected chi connectivity index (χ2v) is 8.08. The predicted octanol–water partition coefficient (Wildman–Crippen LogP) is 3.35. The Morgan fingerprint density at radius 1 is 1.27 bits per heavy atom. The molecule has 0 spiro atoms. The standard InChI is InChI=1S/C21H26N2O2S/c1-2-25-19-6-4-3-5-16(19)7-8-21(24)23-14-18(15-23)22-11-9-20-17(13-22)10-12-26-20/h3-6,10,12,18H,2,7-9,11,13-15H2,1H3. The number of aryl methyl sites for hydroxylation is 1. The average molecular weight is 371 g/mol. The van der Waals surface area contributed by atoms with E-state index >= 15 is 0 Å². The van der Waals surface area contributed by atoms with E-state index in [-0.39, 0.29) is 5.91 Å². The van der Waals surface area contributed by atoms with Crippen LogP contribution in [0.2, 0.25) is 0 Å². The lowest BCUT2D eigenvalue weighted by molar-refractivity contribution is -0.138. The minimum atomic E-state index is 0.265. The molecule has 1 fully saturated rings. The van der Waals surface area contributed by atoms with Gasteiger partial charge < -0.3 is 9.64 Å². The maximum Gasteiger partial charge on any atom is 0.223 e. The highest BCUT2D eigenvalue weighted by atomic mass is 32.1. The summed E-state index contributed by atoms with van der Waals surface area (Å²) in [6, 6.07) is 10.8. The number of carbonyl (C=O) groups is 1. The summed E-state index contributed by atoms with van der Waals surface area (Å²) in [5.41, 5.74) is 2.61. The van der Waals surface area contributed by atoms with E-state index in [1.54, 1.807) is 4.88 Å². The number of hydrogen-bond acceptors (Lipinski definition) is 4. The molecule has 5 heteroatoms. The average Bonchev–Trinajstić information content (AvgIpc) is 3.08. The van der Waals surface area contributed by atoms with Crippen molar-refractivity contribution in [2.75, 3.05) is 26.2 Å². The lowest BCUT2D eigenvalue weighted by Gasteiger charge is -2.46. The number of thiophene rings is 1. The summed E-state index contributed by atoms with van der Waals surface area (Å²) in [6.07, 6.45) is 2.47. The number of para-hydroxylation sites is 1. The number of ether oxygens (including phenoxy) is 1. The molecule has 1 saturated heterocycles. The van der Waals surface area contributed by atoms with Crippen LogP contribution in [0.1, 0.15) is 29.3 Å². The van der Waals surface area contributed by atoms with E-state index in [0.717, 1.165) is 50.3 Å². The molecule has 26 heavy (non-hydrogen) atoms. The third-order valence-electron chi connectivity index (χ3n) is 5.45. The van der Waals surface area contributed by atoms with Gasteiger partial charge in [-0.3, -0.25) is 9.69 Å². The van der Waals surface area contributed by atoms with Crippen molar-refractivity contribution in [3.63, 3.8) is 0 Å². The maximum absolute atomic E-state index is 12.5. The summed E-state index contributed by atoms with van der Waals surface area (Å²) < 4.78 is 5.66. The number of amides is 1. The van der Waals surface area contributed by atoms with Gasteiger partial charge in [-0.25, -0.2) is 0 Å². The Balaban J connectivity index is 1.25. The largest absolute Gasteiger partial charge is 0.494 e. The second-order valence-electron chi connectivity index (χ2n) is 7.08. The van der Waals surface area contributed by atoms with E-state index in [4.69, 9.17) is 4.74 Å². The first-order chi connectivity index (χ1) is 12.7. The molecule has 0 saturated carbocycles. The van der Waals surface area contributed by atoms with Crippen molar-refractivity contribution >= 4 is 17.2 Å². The summed E-state index contributed by atoms with van der Waals surface area (Å²) in [6.45, 7) is 6.58. The quantitative estimate of drug-likeness (QED) is 0.782. The Kier molecular flexibility index (Phi) is 5.27. The van der Waals surface area contributed by atoms with Gasteiger partial charge in [0.05, 0.1) is 6.61 Å². The van der Waals surface area contributed by atoms with Gasteiger partial charge in [0.15, 0.2) is 0 Å². The minimum absolute atomic E-state index is 0.265. The highest BCUT2D eigenvalue weighted by Crippen LogP contribution is 2.28. The molecule has 0 N–H and O–H groups in total. The topological polar surface area (TPSA) is 32.8 Å². The summed E-state index contributed by atoms with van der Waals surface area (Å²) in [4.78, 5) is 18.6. The molecule has 0 aliphatic carbocycles. The third-order valence-corrected chi connectivity index (χ3v) is 6.47. The van der Waals surface area contributed by atoms with Gasteiger partial charge in [0.2, 0.25) is 5.91 Å². The van der Waals surface area contributed by atoms with Crippen molar-refractivity contribution in [3.05, 3.63) is 51.7 Å². The summed E-state index contributed by atoms with van der Waals surface area (Å²) >= 11 is 1.88. The number of nitrogens with zero attached hydrogens (tertiary/aromatic N) is 2. The van der Waals surface area contributed by atoms with Crippen LogP contribution >= 0.6 is 11.3 Å². The fourth-order valence-corrected chi connectivity index (χ4v) is 4.77. The highest BCUT2D eigenvalue weighted by Gasteiger charge is 2.35. The first-order valence-corrected chi connectivity index (χ1v) is 10.4. The summed E-state index contributed by atoms with van der Waals surface area (Å²) in [5, 5.41) is 2.20. The molecule has 0 unspecified atom stereocenters. The highest BCUT2D eigenvalue weighted by molar-refractivity contribution is 7.10. The zero-order valence-electron chi connectivity index (χ0n) is 15.3. The van der Waals surface area contributed by atoms with Gasteiger partial charge in [-0.2, -0.15) is 0 Å². The Hall–Kier alpha value is -1.85. The summed E-state index contributed by atoms with van der Waals surface area (Å²) in [7, 11) is 0. The van der Waals surface area contributed by atoms with Gasteiger partial charge in [0.25, 0.3) is 0 Å². The fraction of sp³-hybridized carbons (Fsp3) is 0.476. The molecular formula is C21H26N2O2S. The van der Waals surface area contributed by atoms with Crippen molar-refractivity contribution in [2.24, 2.45) is 0 Å². The van der Waals surface area contributed by atoms with E-state index in [9.17, 15) is 4.79 Å². The molecule has 2 aliphatic rings. The number of carbonyl (C=O) groups excluding carboxylic acids is 1. The van der Waals surface area contributed by atoms with Crippen LogP contribution in [0, 0.1) is 0 Å². The molecule has 0 radical (unpaired) electrons. The number of likely N-dealkylation sites (tertiary alicyclic amines) is 1. The number of fused-ring (bicyclic) bond motifs is 1. The van der Waals surface area contributed by atoms with Crippen LogP contribution in [0.25, 0.3) is 0 Å². The zero-order chi connectivity index (χ0) is 17.9. The second kappa shape index (κ2) is 7.80. The van der Waals surface area contributed by atoms with E-state index in [1.807, 2.05) is 41.4 Å². The van der Waals surface area contributed by atoms with E-state index in [1.165, 1.54) is 5.56 Å². The maximum atomic E-state index is 12.5. The molecule has 3 heterocycles. The molecular weight excluding hydrogens is 344 g/mol. The molecule has 138 valence electrons. The molecule has 4 rings (SSSR count). The molecule has 4 nitrogen and oxygen atoms in total. The van der Waals surface area contributed by atoms with Crippen LogP contribution in [0.3, 0.4) is 0 Å². The molecule has 0 bridgehead atoms. The number of rotatable bonds is 6. The zero-order valence-corrected chi connectivity index (χ0v) is 16.1. The SMILES string of the molecule is CCOc1ccccc1CCC(=O)N1CC(N2CCc3sccc3C2)C1. The van der Waals surface area contributed by atoms with Crippen molar-refractivity contribution < 1.29 is 9.53 Å². The van der Waals surface area contributed by atoms with Crippen molar-refractivity contribution in [1.29, 1.82) is 0 Å². The first-order valence-electron chi connectivity index (χ1n) is 9.52. The molecule has 1 aromatic carbocycles. The van der Waals surface area contributed by atoms with E-state index in [2.05, 4.69) is 22.4 Å². The lowest BCUT2D eigenvalue weighted by atomic mass is 10.0. The van der Waals surface area contributed by atoms with E-state index in [0.29, 0.717) is 19.1 Å². The Bertz CT molecular complexity index is 767. The van der Waals surface area contributed by atoms with Crippen LogP contribution in [0.15, 0.2) is 35.7 Å². The van der Waals surface area contributed by atoms with Gasteiger partial charge in [-0.1, -0.05) is 18.2 Å². The van der Waals surface area contributed by atoms with Crippen molar-refractivity contribution in [2.45, 2.75) is 38.8 Å². The number of benzene rings is 1. The molecule has 1 aromatic heterocycles. The monoisotopic (exact) mass is 370 g/mol.